The van der Waals surface area contributed by atoms with E-state index in [9.17, 15) is 19.3 Å². The number of halogens is 1. The molecule has 0 aromatic heterocycles. The van der Waals surface area contributed by atoms with E-state index in [2.05, 4.69) is 0 Å². The van der Waals surface area contributed by atoms with Gasteiger partial charge in [-0.15, -0.1) is 0 Å². The quantitative estimate of drug-likeness (QED) is 0.480. The SMILES string of the molecule is Cc1ccc(C(=O)COc2ccc([N+](=O)[O-])cc2F)cc1C. The maximum atomic E-state index is 13.6. The van der Waals surface area contributed by atoms with E-state index in [1.54, 1.807) is 12.1 Å². The number of aryl methyl sites for hydroxylation is 2. The fourth-order valence-corrected chi connectivity index (χ4v) is 1.86. The first-order valence-electron chi connectivity index (χ1n) is 6.55. The predicted octanol–water partition coefficient (Wildman–Crippen LogP) is 3.61. The molecule has 0 aliphatic heterocycles. The van der Waals surface area contributed by atoms with Crippen molar-refractivity contribution in [3.05, 3.63) is 69.0 Å². The number of nitrogens with zero attached hydrogens (tertiary/aromatic N) is 1. The van der Waals surface area contributed by atoms with E-state index in [0.29, 0.717) is 5.56 Å². The minimum absolute atomic E-state index is 0.192. The van der Waals surface area contributed by atoms with Crippen molar-refractivity contribution in [2.24, 2.45) is 0 Å². The molecular formula is C16H14FNO4. The Labute approximate surface area is 126 Å². The third-order valence-corrected chi connectivity index (χ3v) is 3.31. The summed E-state index contributed by atoms with van der Waals surface area (Å²) in [7, 11) is 0. The number of non-ortho nitro benzene ring substituents is 1. The standard InChI is InChI=1S/C16H14FNO4/c1-10-3-4-12(7-11(10)2)15(19)9-22-16-6-5-13(18(20)21)8-14(16)17/h3-8H,9H2,1-2H3. The number of carbonyl (C=O) groups is 1. The Kier molecular flexibility index (Phi) is 4.50. The van der Waals surface area contributed by atoms with E-state index in [4.69, 9.17) is 4.74 Å². The number of benzene rings is 2. The van der Waals surface area contributed by atoms with Crippen LogP contribution in [-0.2, 0) is 0 Å². The van der Waals surface area contributed by atoms with E-state index >= 15 is 0 Å². The first kappa shape index (κ1) is 15.6. The van der Waals surface area contributed by atoms with Crippen molar-refractivity contribution >= 4 is 11.5 Å². The molecule has 5 nitrogen and oxygen atoms in total. The molecule has 2 aromatic rings. The zero-order valence-corrected chi connectivity index (χ0v) is 12.1. The highest BCUT2D eigenvalue weighted by atomic mass is 19.1. The van der Waals surface area contributed by atoms with Gasteiger partial charge < -0.3 is 4.74 Å². The fraction of sp³-hybridized carbons (Fsp3) is 0.188. The maximum Gasteiger partial charge on any atom is 0.272 e. The Bertz CT molecular complexity index is 743. The van der Waals surface area contributed by atoms with Crippen LogP contribution in [0, 0.1) is 29.8 Å². The van der Waals surface area contributed by atoms with Gasteiger partial charge in [0.15, 0.2) is 24.0 Å². The van der Waals surface area contributed by atoms with Crippen molar-refractivity contribution in [1.29, 1.82) is 0 Å². The molecular weight excluding hydrogens is 289 g/mol. The molecule has 0 N–H and O–H groups in total. The highest BCUT2D eigenvalue weighted by Crippen LogP contribution is 2.22. The maximum absolute atomic E-state index is 13.6. The molecule has 0 heterocycles. The normalized spacial score (nSPS) is 10.3. The number of nitro benzene ring substituents is 1. The lowest BCUT2D eigenvalue weighted by atomic mass is 10.0. The molecule has 2 aromatic carbocycles. The van der Waals surface area contributed by atoms with Gasteiger partial charge >= 0.3 is 0 Å². The van der Waals surface area contributed by atoms with Crippen LogP contribution in [0.5, 0.6) is 5.75 Å². The van der Waals surface area contributed by atoms with E-state index in [1.807, 2.05) is 19.9 Å². The first-order chi connectivity index (χ1) is 10.4. The van der Waals surface area contributed by atoms with Crippen molar-refractivity contribution in [3.63, 3.8) is 0 Å². The van der Waals surface area contributed by atoms with Crippen LogP contribution in [0.1, 0.15) is 21.5 Å². The number of carbonyl (C=O) groups excluding carboxylic acids is 1. The Morgan fingerprint density at radius 3 is 2.50 bits per heavy atom. The molecule has 0 fully saturated rings. The van der Waals surface area contributed by atoms with Crippen molar-refractivity contribution < 1.29 is 18.8 Å². The Morgan fingerprint density at radius 2 is 1.91 bits per heavy atom. The summed E-state index contributed by atoms with van der Waals surface area (Å²) < 4.78 is 18.8. The van der Waals surface area contributed by atoms with E-state index in [1.165, 1.54) is 0 Å². The summed E-state index contributed by atoms with van der Waals surface area (Å²) in [5, 5.41) is 10.5. The molecule has 0 aliphatic carbocycles. The molecule has 0 saturated carbocycles. The van der Waals surface area contributed by atoms with Gasteiger partial charge in [-0.05, 0) is 37.1 Å². The predicted molar refractivity (Wildman–Crippen MR) is 78.8 cm³/mol. The molecule has 6 heteroatoms. The van der Waals surface area contributed by atoms with Gasteiger partial charge in [0.05, 0.1) is 11.0 Å². The van der Waals surface area contributed by atoms with E-state index in [-0.39, 0.29) is 23.8 Å². The third-order valence-electron chi connectivity index (χ3n) is 3.31. The molecule has 0 saturated heterocycles. The lowest BCUT2D eigenvalue weighted by Gasteiger charge is -2.08. The van der Waals surface area contributed by atoms with Crippen LogP contribution in [-0.4, -0.2) is 17.3 Å². The van der Waals surface area contributed by atoms with Crippen molar-refractivity contribution in [3.8, 4) is 5.75 Å². The smallest absolute Gasteiger partial charge is 0.272 e. The number of hydrogen-bond donors (Lipinski definition) is 0. The molecule has 114 valence electrons. The lowest BCUT2D eigenvalue weighted by molar-refractivity contribution is -0.385. The molecule has 0 aliphatic rings. The number of rotatable bonds is 5. The van der Waals surface area contributed by atoms with Gasteiger partial charge in [0.25, 0.3) is 5.69 Å². The van der Waals surface area contributed by atoms with Gasteiger partial charge in [-0.3, -0.25) is 14.9 Å². The fourth-order valence-electron chi connectivity index (χ4n) is 1.86. The second-order valence-corrected chi connectivity index (χ2v) is 4.88. The second kappa shape index (κ2) is 6.34. The minimum atomic E-state index is -0.873. The number of nitro groups is 1. The Morgan fingerprint density at radius 1 is 1.18 bits per heavy atom. The van der Waals surface area contributed by atoms with Crippen LogP contribution in [0.15, 0.2) is 36.4 Å². The van der Waals surface area contributed by atoms with Crippen LogP contribution < -0.4 is 4.74 Å². The molecule has 0 amide bonds. The first-order valence-corrected chi connectivity index (χ1v) is 6.55. The highest BCUT2D eigenvalue weighted by Gasteiger charge is 2.13. The van der Waals surface area contributed by atoms with Crippen LogP contribution in [0.25, 0.3) is 0 Å². The number of ketones is 1. The van der Waals surface area contributed by atoms with Gasteiger partial charge in [-0.2, -0.15) is 0 Å². The number of ether oxygens (including phenoxy) is 1. The van der Waals surface area contributed by atoms with Gasteiger partial charge in [-0.25, -0.2) is 4.39 Å². The summed E-state index contributed by atoms with van der Waals surface area (Å²) in [6, 6.07) is 8.28. The average Bonchev–Trinajstić information content (AvgIpc) is 2.48. The molecule has 0 spiro atoms. The van der Waals surface area contributed by atoms with Crippen molar-refractivity contribution in [1.82, 2.24) is 0 Å². The summed E-state index contributed by atoms with van der Waals surface area (Å²) in [6.45, 7) is 3.49. The summed E-state index contributed by atoms with van der Waals surface area (Å²) in [4.78, 5) is 21.8. The number of hydrogen-bond acceptors (Lipinski definition) is 4. The second-order valence-electron chi connectivity index (χ2n) is 4.88. The van der Waals surface area contributed by atoms with Gasteiger partial charge in [0.1, 0.15) is 0 Å². The Hall–Kier alpha value is -2.76. The zero-order valence-electron chi connectivity index (χ0n) is 12.1. The van der Waals surface area contributed by atoms with Crippen LogP contribution in [0.4, 0.5) is 10.1 Å². The molecule has 22 heavy (non-hydrogen) atoms. The highest BCUT2D eigenvalue weighted by molar-refractivity contribution is 5.97. The Balaban J connectivity index is 2.07. The van der Waals surface area contributed by atoms with Crippen molar-refractivity contribution in [2.75, 3.05) is 6.61 Å². The molecule has 0 atom stereocenters. The summed E-state index contributed by atoms with van der Waals surface area (Å²) in [6.07, 6.45) is 0. The topological polar surface area (TPSA) is 69.4 Å². The van der Waals surface area contributed by atoms with Gasteiger partial charge in [0, 0.05) is 11.6 Å². The number of Topliss-reactive ketones (excluding diaryl/α,β-unsaturated/α-hetero) is 1. The molecule has 0 radical (unpaired) electrons. The lowest BCUT2D eigenvalue weighted by Crippen LogP contribution is -2.12. The zero-order chi connectivity index (χ0) is 16.3. The summed E-state index contributed by atoms with van der Waals surface area (Å²) in [5.74, 6) is -1.36. The molecule has 0 unspecified atom stereocenters. The van der Waals surface area contributed by atoms with Gasteiger partial charge in [-0.1, -0.05) is 12.1 Å². The van der Waals surface area contributed by atoms with Crippen molar-refractivity contribution in [2.45, 2.75) is 13.8 Å². The monoisotopic (exact) mass is 303 g/mol. The average molecular weight is 303 g/mol. The van der Waals surface area contributed by atoms with Crippen LogP contribution >= 0.6 is 0 Å². The molecule has 2 rings (SSSR count). The summed E-state index contributed by atoms with van der Waals surface area (Å²) in [5.41, 5.74) is 2.15. The van der Waals surface area contributed by atoms with E-state index in [0.717, 1.165) is 29.3 Å². The minimum Gasteiger partial charge on any atom is -0.482 e. The van der Waals surface area contributed by atoms with Crippen LogP contribution in [0.2, 0.25) is 0 Å². The third kappa shape index (κ3) is 3.46. The van der Waals surface area contributed by atoms with Gasteiger partial charge in [0.2, 0.25) is 0 Å². The summed E-state index contributed by atoms with van der Waals surface area (Å²) >= 11 is 0. The largest absolute Gasteiger partial charge is 0.482 e. The van der Waals surface area contributed by atoms with E-state index < -0.39 is 10.7 Å². The van der Waals surface area contributed by atoms with Crippen LogP contribution in [0.3, 0.4) is 0 Å². The molecule has 0 bridgehead atoms.